The molecule has 0 saturated heterocycles. The molecule has 0 spiro atoms. The lowest BCUT2D eigenvalue weighted by Crippen LogP contribution is -2.06. The molecule has 0 aliphatic rings. The molecule has 0 aliphatic heterocycles. The van der Waals surface area contributed by atoms with Crippen LogP contribution >= 0.6 is 0 Å². The van der Waals surface area contributed by atoms with Gasteiger partial charge in [-0.25, -0.2) is 4.98 Å². The number of carbonyl (C=O) groups is 1. The molecular formula is C15H11N9O2. The zero-order valence-corrected chi connectivity index (χ0v) is 13.5. The molecule has 11 nitrogen and oxygen atoms in total. The van der Waals surface area contributed by atoms with Crippen LogP contribution in [0.25, 0.3) is 33.9 Å². The van der Waals surface area contributed by atoms with Gasteiger partial charge in [0.2, 0.25) is 5.95 Å². The van der Waals surface area contributed by atoms with Crippen LogP contribution in [0.3, 0.4) is 0 Å². The van der Waals surface area contributed by atoms with E-state index in [1.807, 2.05) is 24.3 Å². The van der Waals surface area contributed by atoms with Gasteiger partial charge in [-0.15, -0.1) is 10.2 Å². The number of methoxy groups -OCH3 is 1. The van der Waals surface area contributed by atoms with Crippen LogP contribution in [0.5, 0.6) is 0 Å². The van der Waals surface area contributed by atoms with Gasteiger partial charge in [-0.3, -0.25) is 4.79 Å². The quantitative estimate of drug-likeness (QED) is 0.465. The fourth-order valence-corrected chi connectivity index (χ4v) is 2.80. The van der Waals surface area contributed by atoms with Crippen molar-refractivity contribution < 1.29 is 9.53 Å². The maximum Gasteiger partial charge on any atom is 0.311 e. The number of nitrogens with zero attached hydrogens (tertiary/aromatic N) is 8. The molecule has 1 aromatic carbocycles. The van der Waals surface area contributed by atoms with Gasteiger partial charge in [-0.2, -0.15) is 24.4 Å². The molecule has 26 heavy (non-hydrogen) atoms. The molecule has 0 amide bonds. The predicted molar refractivity (Wildman–Crippen MR) is 88.6 cm³/mol. The number of fused-ring (bicyclic) bond motifs is 4. The number of para-hydroxylation sites is 2. The van der Waals surface area contributed by atoms with Crippen molar-refractivity contribution >= 4 is 33.9 Å². The first-order chi connectivity index (χ1) is 12.7. The normalized spacial score (nSPS) is 11.6. The van der Waals surface area contributed by atoms with Crippen LogP contribution in [0.4, 0.5) is 0 Å². The van der Waals surface area contributed by atoms with E-state index in [9.17, 15) is 4.79 Å². The summed E-state index contributed by atoms with van der Waals surface area (Å²) in [7, 11) is 1.32. The molecule has 4 heterocycles. The third-order valence-electron chi connectivity index (χ3n) is 3.99. The highest BCUT2D eigenvalue weighted by Crippen LogP contribution is 2.21. The molecule has 11 heteroatoms. The number of imidazole rings is 1. The number of nitrogens with one attached hydrogen (secondary N) is 1. The lowest BCUT2D eigenvalue weighted by atomic mass is 10.3. The summed E-state index contributed by atoms with van der Waals surface area (Å²) in [6.45, 7) is 0. The van der Waals surface area contributed by atoms with Crippen molar-refractivity contribution in [1.29, 1.82) is 0 Å². The number of hydrogen-bond donors (Lipinski definition) is 1. The van der Waals surface area contributed by atoms with Gasteiger partial charge in [0.05, 0.1) is 24.6 Å². The number of hydrogen-bond acceptors (Lipinski definition) is 8. The van der Waals surface area contributed by atoms with Gasteiger partial charge in [0.15, 0.2) is 11.2 Å². The number of benzene rings is 1. The van der Waals surface area contributed by atoms with Crippen LogP contribution < -0.4 is 0 Å². The van der Waals surface area contributed by atoms with Gasteiger partial charge in [0, 0.05) is 0 Å². The Hall–Kier alpha value is -3.89. The van der Waals surface area contributed by atoms with Crippen LogP contribution in [0, 0.1) is 0 Å². The van der Waals surface area contributed by atoms with Crippen molar-refractivity contribution in [3.8, 4) is 5.95 Å². The van der Waals surface area contributed by atoms with Gasteiger partial charge >= 0.3 is 5.97 Å². The fraction of sp³-hybridized carbons (Fsp3) is 0.133. The van der Waals surface area contributed by atoms with E-state index < -0.39 is 5.97 Å². The largest absolute Gasteiger partial charge is 0.469 e. The number of H-pyrrole nitrogens is 1. The topological polar surface area (TPSA) is 129 Å². The molecule has 0 unspecified atom stereocenters. The zero-order chi connectivity index (χ0) is 17.7. The second-order valence-electron chi connectivity index (χ2n) is 5.53. The lowest BCUT2D eigenvalue weighted by Gasteiger charge is -1.98. The second kappa shape index (κ2) is 5.31. The average Bonchev–Trinajstić information content (AvgIpc) is 3.37. The van der Waals surface area contributed by atoms with E-state index in [0.29, 0.717) is 28.6 Å². The molecule has 0 aliphatic carbocycles. The summed E-state index contributed by atoms with van der Waals surface area (Å²) in [6.07, 6.45) is 1.33. The van der Waals surface area contributed by atoms with E-state index in [0.717, 1.165) is 11.0 Å². The summed E-state index contributed by atoms with van der Waals surface area (Å²) in [5.74, 6) is 0.359. The molecular weight excluding hydrogens is 338 g/mol. The Bertz CT molecular complexity index is 1250. The monoisotopic (exact) mass is 349 g/mol. The average molecular weight is 349 g/mol. The van der Waals surface area contributed by atoms with Crippen LogP contribution in [-0.2, 0) is 16.0 Å². The second-order valence-corrected chi connectivity index (χ2v) is 5.53. The van der Waals surface area contributed by atoms with E-state index in [1.165, 1.54) is 18.0 Å². The van der Waals surface area contributed by atoms with E-state index in [2.05, 4.69) is 35.3 Å². The first-order valence-electron chi connectivity index (χ1n) is 7.70. The number of rotatable bonds is 3. The highest BCUT2D eigenvalue weighted by Gasteiger charge is 2.22. The highest BCUT2D eigenvalue weighted by molar-refractivity contribution is 5.83. The fourth-order valence-electron chi connectivity index (χ4n) is 2.80. The number of aromatic nitrogens is 9. The summed E-state index contributed by atoms with van der Waals surface area (Å²) in [4.78, 5) is 23.6. The SMILES string of the molecule is COC(=O)Cc1nn(-c2nc3ccccc3[nH]2)c2c1nnc1ncnn12. The molecule has 0 bridgehead atoms. The van der Waals surface area contributed by atoms with Crippen LogP contribution in [0.2, 0.25) is 0 Å². The van der Waals surface area contributed by atoms with Crippen LogP contribution in [-0.4, -0.2) is 57.6 Å². The van der Waals surface area contributed by atoms with Crippen molar-refractivity contribution in [2.75, 3.05) is 7.11 Å². The van der Waals surface area contributed by atoms with Gasteiger partial charge < -0.3 is 9.72 Å². The Labute approximate surface area is 144 Å². The van der Waals surface area contributed by atoms with E-state index in [-0.39, 0.29) is 6.42 Å². The van der Waals surface area contributed by atoms with Crippen molar-refractivity contribution in [1.82, 2.24) is 44.5 Å². The third kappa shape index (κ3) is 2.03. The van der Waals surface area contributed by atoms with Crippen molar-refractivity contribution in [3.63, 3.8) is 0 Å². The molecule has 128 valence electrons. The van der Waals surface area contributed by atoms with E-state index >= 15 is 0 Å². The van der Waals surface area contributed by atoms with Crippen LogP contribution in [0.1, 0.15) is 5.69 Å². The van der Waals surface area contributed by atoms with E-state index in [1.54, 1.807) is 4.68 Å². The Morgan fingerprint density at radius 2 is 2.15 bits per heavy atom. The molecule has 0 saturated carbocycles. The molecule has 0 radical (unpaired) electrons. The summed E-state index contributed by atoms with van der Waals surface area (Å²) in [5.41, 5.74) is 2.99. The Kier molecular flexibility index (Phi) is 2.95. The minimum absolute atomic E-state index is 0.0465. The number of ether oxygens (including phenoxy) is 1. The summed E-state index contributed by atoms with van der Waals surface area (Å²) in [6, 6.07) is 7.62. The Morgan fingerprint density at radius 3 is 3.00 bits per heavy atom. The molecule has 0 atom stereocenters. The summed E-state index contributed by atoms with van der Waals surface area (Å²) >= 11 is 0. The molecule has 5 aromatic rings. The first-order valence-corrected chi connectivity index (χ1v) is 7.70. The summed E-state index contributed by atoms with van der Waals surface area (Å²) in [5, 5.41) is 16.9. The maximum atomic E-state index is 11.7. The molecule has 5 rings (SSSR count). The van der Waals surface area contributed by atoms with Crippen LogP contribution in [0.15, 0.2) is 30.6 Å². The van der Waals surface area contributed by atoms with E-state index in [4.69, 9.17) is 4.74 Å². The zero-order valence-electron chi connectivity index (χ0n) is 13.5. The smallest absolute Gasteiger partial charge is 0.311 e. The minimum Gasteiger partial charge on any atom is -0.469 e. The van der Waals surface area contributed by atoms with Gasteiger partial charge in [-0.1, -0.05) is 12.1 Å². The number of carbonyl (C=O) groups excluding carboxylic acids is 1. The Morgan fingerprint density at radius 1 is 1.27 bits per heavy atom. The van der Waals surface area contributed by atoms with Gasteiger partial charge in [0.25, 0.3) is 5.78 Å². The maximum absolute atomic E-state index is 11.7. The lowest BCUT2D eigenvalue weighted by molar-refractivity contribution is -0.139. The molecule has 1 N–H and O–H groups in total. The van der Waals surface area contributed by atoms with Crippen molar-refractivity contribution in [2.45, 2.75) is 6.42 Å². The van der Waals surface area contributed by atoms with Crippen molar-refractivity contribution in [2.24, 2.45) is 0 Å². The summed E-state index contributed by atoms with van der Waals surface area (Å²) < 4.78 is 7.79. The first kappa shape index (κ1) is 14.5. The minimum atomic E-state index is -0.429. The Balaban J connectivity index is 1.82. The number of esters is 1. The molecule has 4 aromatic heterocycles. The number of aromatic amines is 1. The van der Waals surface area contributed by atoms with Gasteiger partial charge in [-0.05, 0) is 12.1 Å². The van der Waals surface area contributed by atoms with Crippen molar-refractivity contribution in [3.05, 3.63) is 36.3 Å². The third-order valence-corrected chi connectivity index (χ3v) is 3.99. The standard InChI is InChI=1S/C15H11N9O2/c1-26-11(25)6-10-12-13(23-14(21-20-12)16-7-17-23)24(22-10)15-18-8-4-2-3-5-9(8)19-15/h2-5,7H,6H2,1H3,(H,18,19). The molecule has 0 fully saturated rings. The predicted octanol–water partition coefficient (Wildman–Crippen LogP) is 0.450. The van der Waals surface area contributed by atoms with Gasteiger partial charge in [0.1, 0.15) is 12.0 Å². The highest BCUT2D eigenvalue weighted by atomic mass is 16.5.